The standard InChI is InChI=1S/C23H31FN2O6S/c1-17(25-8-11-32-22-16-19(24)5-7-20(22)29-2)14-18-4-6-21(30-3)23(15-18)33(27,28)26-9-12-31-13-10-26/h4-7,15-17,25H,8-14H2,1-3H3. The van der Waals surface area contributed by atoms with E-state index in [-0.39, 0.29) is 10.9 Å². The molecule has 1 N–H and O–H groups in total. The fraction of sp³-hybridized carbons (Fsp3) is 0.478. The number of nitrogens with one attached hydrogen (secondary N) is 1. The maximum absolute atomic E-state index is 13.4. The van der Waals surface area contributed by atoms with Crippen molar-refractivity contribution in [2.24, 2.45) is 0 Å². The SMILES string of the molecule is COc1ccc(F)cc1OCCNC(C)Cc1ccc(OC)c(S(=O)(=O)N2CCOCC2)c1. The molecule has 3 rings (SSSR count). The van der Waals surface area contributed by atoms with E-state index < -0.39 is 15.8 Å². The van der Waals surface area contributed by atoms with Gasteiger partial charge in [0.05, 0.1) is 27.4 Å². The predicted molar refractivity (Wildman–Crippen MR) is 122 cm³/mol. The molecule has 0 aromatic heterocycles. The molecule has 0 aliphatic carbocycles. The Labute approximate surface area is 194 Å². The van der Waals surface area contributed by atoms with Crippen LogP contribution >= 0.6 is 0 Å². The Morgan fingerprint density at radius 3 is 2.45 bits per heavy atom. The number of morpholine rings is 1. The highest BCUT2D eigenvalue weighted by Crippen LogP contribution is 2.29. The number of halogens is 1. The molecular formula is C23H31FN2O6S. The second kappa shape index (κ2) is 11.6. The summed E-state index contributed by atoms with van der Waals surface area (Å²) in [7, 11) is -0.713. The van der Waals surface area contributed by atoms with Gasteiger partial charge in [0.1, 0.15) is 23.1 Å². The van der Waals surface area contributed by atoms with Gasteiger partial charge in [-0.1, -0.05) is 6.07 Å². The minimum absolute atomic E-state index is 0.0512. The summed E-state index contributed by atoms with van der Waals surface area (Å²) in [5.41, 5.74) is 0.871. The molecule has 33 heavy (non-hydrogen) atoms. The maximum Gasteiger partial charge on any atom is 0.246 e. The van der Waals surface area contributed by atoms with E-state index in [0.29, 0.717) is 63.1 Å². The molecule has 0 spiro atoms. The van der Waals surface area contributed by atoms with E-state index in [1.165, 1.54) is 36.7 Å². The van der Waals surface area contributed by atoms with E-state index >= 15 is 0 Å². The zero-order valence-corrected chi connectivity index (χ0v) is 20.0. The Morgan fingerprint density at radius 1 is 1.06 bits per heavy atom. The average Bonchev–Trinajstić information content (AvgIpc) is 2.82. The Kier molecular flexibility index (Phi) is 8.90. The zero-order valence-electron chi connectivity index (χ0n) is 19.2. The van der Waals surface area contributed by atoms with Crippen LogP contribution in [0.2, 0.25) is 0 Å². The molecule has 0 radical (unpaired) electrons. The number of methoxy groups -OCH3 is 2. The van der Waals surface area contributed by atoms with Crippen LogP contribution in [0.5, 0.6) is 17.2 Å². The molecule has 1 heterocycles. The van der Waals surface area contributed by atoms with Crippen molar-refractivity contribution in [3.8, 4) is 17.2 Å². The molecule has 2 aromatic carbocycles. The molecule has 0 bridgehead atoms. The number of nitrogens with zero attached hydrogens (tertiary/aromatic N) is 1. The molecule has 1 aliphatic heterocycles. The summed E-state index contributed by atoms with van der Waals surface area (Å²) < 4.78 is 62.6. The van der Waals surface area contributed by atoms with Crippen molar-refractivity contribution in [1.29, 1.82) is 0 Å². The molecule has 8 nitrogen and oxygen atoms in total. The predicted octanol–water partition coefficient (Wildman–Crippen LogP) is 2.46. The first kappa shape index (κ1) is 25.2. The Balaban J connectivity index is 1.59. The van der Waals surface area contributed by atoms with E-state index in [4.69, 9.17) is 18.9 Å². The van der Waals surface area contributed by atoms with Gasteiger partial charge in [-0.15, -0.1) is 0 Å². The van der Waals surface area contributed by atoms with Crippen LogP contribution in [0.4, 0.5) is 4.39 Å². The molecule has 0 saturated carbocycles. The quantitative estimate of drug-likeness (QED) is 0.493. The van der Waals surface area contributed by atoms with E-state index in [1.807, 2.05) is 13.0 Å². The Bertz CT molecular complexity index is 1030. The number of hydrogen-bond donors (Lipinski definition) is 1. The van der Waals surface area contributed by atoms with Crippen LogP contribution in [-0.2, 0) is 21.2 Å². The van der Waals surface area contributed by atoms with Crippen molar-refractivity contribution < 1.29 is 31.8 Å². The number of sulfonamides is 1. The van der Waals surface area contributed by atoms with Crippen LogP contribution in [0.15, 0.2) is 41.3 Å². The first-order chi connectivity index (χ1) is 15.8. The van der Waals surface area contributed by atoms with E-state index in [1.54, 1.807) is 12.1 Å². The molecule has 1 atom stereocenters. The Morgan fingerprint density at radius 2 is 1.76 bits per heavy atom. The molecular weight excluding hydrogens is 451 g/mol. The van der Waals surface area contributed by atoms with Gasteiger partial charge in [0.2, 0.25) is 10.0 Å². The molecule has 1 unspecified atom stereocenters. The largest absolute Gasteiger partial charge is 0.495 e. The lowest BCUT2D eigenvalue weighted by Gasteiger charge is -2.27. The summed E-state index contributed by atoms with van der Waals surface area (Å²) in [6.07, 6.45) is 0.610. The van der Waals surface area contributed by atoms with Crippen LogP contribution in [0.25, 0.3) is 0 Å². The van der Waals surface area contributed by atoms with Crippen molar-refractivity contribution in [2.45, 2.75) is 24.3 Å². The summed E-state index contributed by atoms with van der Waals surface area (Å²) in [6.45, 7) is 4.26. The highest BCUT2D eigenvalue weighted by atomic mass is 32.2. The molecule has 10 heteroatoms. The highest BCUT2D eigenvalue weighted by Gasteiger charge is 2.29. The summed E-state index contributed by atoms with van der Waals surface area (Å²) in [5.74, 6) is 0.745. The van der Waals surface area contributed by atoms with Crippen molar-refractivity contribution in [2.75, 3.05) is 53.7 Å². The first-order valence-corrected chi connectivity index (χ1v) is 12.2. The monoisotopic (exact) mass is 482 g/mol. The minimum Gasteiger partial charge on any atom is -0.495 e. The average molecular weight is 483 g/mol. The van der Waals surface area contributed by atoms with E-state index in [2.05, 4.69) is 5.32 Å². The second-order valence-corrected chi connectivity index (χ2v) is 9.61. The fourth-order valence-electron chi connectivity index (χ4n) is 3.63. The van der Waals surface area contributed by atoms with Crippen molar-refractivity contribution in [1.82, 2.24) is 9.62 Å². The lowest BCUT2D eigenvalue weighted by atomic mass is 10.1. The van der Waals surface area contributed by atoms with Gasteiger partial charge in [-0.2, -0.15) is 4.31 Å². The molecule has 182 valence electrons. The van der Waals surface area contributed by atoms with Gasteiger partial charge >= 0.3 is 0 Å². The van der Waals surface area contributed by atoms with E-state index in [9.17, 15) is 12.8 Å². The maximum atomic E-state index is 13.4. The van der Waals surface area contributed by atoms with Gasteiger partial charge in [-0.05, 0) is 43.2 Å². The van der Waals surface area contributed by atoms with Crippen LogP contribution in [-0.4, -0.2) is 72.4 Å². The molecule has 1 aliphatic rings. The Hall–Kier alpha value is -2.40. The van der Waals surface area contributed by atoms with Crippen molar-refractivity contribution >= 4 is 10.0 Å². The summed E-state index contributed by atoms with van der Waals surface area (Å²) >= 11 is 0. The normalized spacial score (nSPS) is 15.8. The van der Waals surface area contributed by atoms with Gasteiger partial charge in [0.25, 0.3) is 0 Å². The van der Waals surface area contributed by atoms with Gasteiger partial charge in [0.15, 0.2) is 11.5 Å². The number of hydrogen-bond acceptors (Lipinski definition) is 7. The molecule has 1 fully saturated rings. The van der Waals surface area contributed by atoms with Gasteiger partial charge in [0, 0.05) is 31.7 Å². The lowest BCUT2D eigenvalue weighted by molar-refractivity contribution is 0.0729. The number of ether oxygens (including phenoxy) is 4. The third-order valence-corrected chi connectivity index (χ3v) is 7.26. The molecule has 0 amide bonds. The molecule has 2 aromatic rings. The van der Waals surface area contributed by atoms with Gasteiger partial charge < -0.3 is 24.3 Å². The van der Waals surface area contributed by atoms with Gasteiger partial charge in [-0.25, -0.2) is 12.8 Å². The van der Waals surface area contributed by atoms with Crippen molar-refractivity contribution in [3.05, 3.63) is 47.8 Å². The number of rotatable bonds is 11. The topological polar surface area (TPSA) is 86.3 Å². The first-order valence-electron chi connectivity index (χ1n) is 10.8. The van der Waals surface area contributed by atoms with Gasteiger partial charge in [-0.3, -0.25) is 0 Å². The summed E-state index contributed by atoms with van der Waals surface area (Å²) in [5, 5.41) is 3.34. The second-order valence-electron chi connectivity index (χ2n) is 7.70. The third kappa shape index (κ3) is 6.57. The lowest BCUT2D eigenvalue weighted by Crippen LogP contribution is -2.40. The van der Waals surface area contributed by atoms with Crippen LogP contribution < -0.4 is 19.5 Å². The smallest absolute Gasteiger partial charge is 0.246 e. The fourth-order valence-corrected chi connectivity index (χ4v) is 5.24. The van der Waals surface area contributed by atoms with Crippen LogP contribution in [0.1, 0.15) is 12.5 Å². The van der Waals surface area contributed by atoms with Crippen LogP contribution in [0, 0.1) is 5.82 Å². The third-order valence-electron chi connectivity index (χ3n) is 5.34. The van der Waals surface area contributed by atoms with Crippen molar-refractivity contribution in [3.63, 3.8) is 0 Å². The summed E-state index contributed by atoms with van der Waals surface area (Å²) in [6, 6.07) is 9.40. The summed E-state index contributed by atoms with van der Waals surface area (Å²) in [4.78, 5) is 0.165. The number of benzene rings is 2. The molecule has 1 saturated heterocycles. The highest BCUT2D eigenvalue weighted by molar-refractivity contribution is 7.89. The van der Waals surface area contributed by atoms with E-state index in [0.717, 1.165) is 5.56 Å². The van der Waals surface area contributed by atoms with Crippen LogP contribution in [0.3, 0.4) is 0 Å². The zero-order chi connectivity index (χ0) is 23.8. The minimum atomic E-state index is -3.68.